The molecule has 0 radical (unpaired) electrons. The molecule has 0 amide bonds. The molecule has 0 bridgehead atoms. The maximum absolute atomic E-state index is 12.7. The molecule has 4 rings (SSSR count). The zero-order valence-corrected chi connectivity index (χ0v) is 15.4. The summed E-state index contributed by atoms with van der Waals surface area (Å²) in [4.78, 5) is 17.6. The van der Waals surface area contributed by atoms with Crippen molar-refractivity contribution in [3.8, 4) is 28.3 Å². The van der Waals surface area contributed by atoms with Crippen LogP contribution in [0.15, 0.2) is 84.9 Å². The second-order valence-electron chi connectivity index (χ2n) is 6.59. The Morgan fingerprint density at radius 2 is 1.33 bits per heavy atom. The van der Waals surface area contributed by atoms with Crippen molar-refractivity contribution in [3.05, 3.63) is 96.2 Å². The van der Waals surface area contributed by atoms with Gasteiger partial charge in [0.15, 0.2) is 5.78 Å². The normalized spacial score (nSPS) is 10.7. The van der Waals surface area contributed by atoms with Gasteiger partial charge in [0.25, 0.3) is 0 Å². The minimum atomic E-state index is -0.0101. The van der Waals surface area contributed by atoms with Gasteiger partial charge in [0, 0.05) is 23.7 Å². The second-order valence-corrected chi connectivity index (χ2v) is 6.59. The minimum absolute atomic E-state index is 0.0101. The molecule has 1 heterocycles. The van der Waals surface area contributed by atoms with E-state index in [4.69, 9.17) is 4.98 Å². The summed E-state index contributed by atoms with van der Waals surface area (Å²) in [6.07, 6.45) is 0. The Hall–Kier alpha value is -3.46. The fraction of sp³-hybridized carbons (Fsp3) is 0.0833. The number of imidazole rings is 1. The van der Waals surface area contributed by atoms with Crippen molar-refractivity contribution in [1.29, 1.82) is 0 Å². The van der Waals surface area contributed by atoms with E-state index >= 15 is 0 Å². The Bertz CT molecular complexity index is 1080. The van der Waals surface area contributed by atoms with Crippen LogP contribution in [-0.4, -0.2) is 15.3 Å². The lowest BCUT2D eigenvalue weighted by Crippen LogP contribution is -2.07. The molecule has 0 aliphatic carbocycles. The molecule has 3 nitrogen and oxygen atoms in total. The number of hydrogen-bond acceptors (Lipinski definition) is 2. The Morgan fingerprint density at radius 1 is 0.778 bits per heavy atom. The summed E-state index contributed by atoms with van der Waals surface area (Å²) < 4.78 is 1.97. The van der Waals surface area contributed by atoms with Crippen LogP contribution in [0.3, 0.4) is 0 Å². The smallest absolute Gasteiger partial charge is 0.178 e. The summed E-state index contributed by atoms with van der Waals surface area (Å²) in [5, 5.41) is 0. The van der Waals surface area contributed by atoms with E-state index in [9.17, 15) is 4.79 Å². The van der Waals surface area contributed by atoms with Gasteiger partial charge in [-0.1, -0.05) is 78.4 Å². The van der Waals surface area contributed by atoms with Crippen molar-refractivity contribution in [3.63, 3.8) is 0 Å². The molecule has 0 N–H and O–H groups in total. The van der Waals surface area contributed by atoms with Crippen molar-refractivity contribution in [2.24, 2.45) is 0 Å². The van der Waals surface area contributed by atoms with Crippen molar-refractivity contribution < 1.29 is 4.79 Å². The monoisotopic (exact) mass is 352 g/mol. The van der Waals surface area contributed by atoms with Crippen LogP contribution < -0.4 is 0 Å². The first-order chi connectivity index (χ1) is 13.1. The lowest BCUT2D eigenvalue weighted by atomic mass is 10.1. The zero-order chi connectivity index (χ0) is 18.8. The molecule has 0 aliphatic heterocycles. The number of ketones is 1. The zero-order valence-electron chi connectivity index (χ0n) is 15.4. The molecule has 4 aromatic rings. The fourth-order valence-electron chi connectivity index (χ4n) is 3.27. The van der Waals surface area contributed by atoms with Gasteiger partial charge in [0.1, 0.15) is 17.2 Å². The maximum atomic E-state index is 12.7. The summed E-state index contributed by atoms with van der Waals surface area (Å²) in [7, 11) is 0. The highest BCUT2D eigenvalue weighted by molar-refractivity contribution is 6.00. The topological polar surface area (TPSA) is 34.9 Å². The standard InChI is InChI=1S/C24H20N2O/c1-17-13-15-21(16-14-17)26-23(18(2)27)22(19-9-5-3-6-10-19)25-24(26)20-11-7-4-8-12-20/h3-16H,1-2H3. The molecule has 27 heavy (non-hydrogen) atoms. The molecule has 132 valence electrons. The number of hydrogen-bond donors (Lipinski definition) is 0. The van der Waals surface area contributed by atoms with E-state index in [1.165, 1.54) is 5.56 Å². The average Bonchev–Trinajstić information content (AvgIpc) is 3.11. The maximum Gasteiger partial charge on any atom is 0.178 e. The predicted molar refractivity (Wildman–Crippen MR) is 109 cm³/mol. The van der Waals surface area contributed by atoms with E-state index in [1.54, 1.807) is 6.92 Å². The largest absolute Gasteiger partial charge is 0.293 e. The number of carbonyl (C=O) groups excluding carboxylic acids is 1. The Morgan fingerprint density at radius 3 is 1.89 bits per heavy atom. The number of rotatable bonds is 4. The summed E-state index contributed by atoms with van der Waals surface area (Å²) in [5.41, 5.74) is 5.33. The lowest BCUT2D eigenvalue weighted by molar-refractivity contribution is 0.101. The van der Waals surface area contributed by atoms with Gasteiger partial charge in [-0.15, -0.1) is 0 Å². The third kappa shape index (κ3) is 3.20. The Kier molecular flexibility index (Phi) is 4.43. The Balaban J connectivity index is 2.06. The second kappa shape index (κ2) is 7.04. The highest BCUT2D eigenvalue weighted by Gasteiger charge is 2.23. The van der Waals surface area contributed by atoms with Gasteiger partial charge in [0.05, 0.1) is 0 Å². The number of carbonyl (C=O) groups is 1. The minimum Gasteiger partial charge on any atom is -0.293 e. The predicted octanol–water partition coefficient (Wildman–Crippen LogP) is 5.72. The van der Waals surface area contributed by atoms with Gasteiger partial charge in [0.2, 0.25) is 0 Å². The van der Waals surface area contributed by atoms with E-state index in [-0.39, 0.29) is 5.78 Å². The summed E-state index contributed by atoms with van der Waals surface area (Å²) in [6, 6.07) is 28.0. The summed E-state index contributed by atoms with van der Waals surface area (Å²) in [6.45, 7) is 3.65. The number of aryl methyl sites for hydroxylation is 1. The SMILES string of the molecule is CC(=O)c1c(-c2ccccc2)nc(-c2ccccc2)n1-c1ccc(C)cc1. The number of nitrogens with zero attached hydrogens (tertiary/aromatic N) is 2. The van der Waals surface area contributed by atoms with Crippen LogP contribution in [0, 0.1) is 6.92 Å². The van der Waals surface area contributed by atoms with Crippen LogP contribution in [0.4, 0.5) is 0 Å². The average molecular weight is 352 g/mol. The van der Waals surface area contributed by atoms with Crippen LogP contribution in [0.2, 0.25) is 0 Å². The van der Waals surface area contributed by atoms with Crippen LogP contribution in [0.1, 0.15) is 23.0 Å². The molecule has 0 saturated carbocycles. The highest BCUT2D eigenvalue weighted by Crippen LogP contribution is 2.32. The van der Waals surface area contributed by atoms with E-state index in [2.05, 4.69) is 19.1 Å². The van der Waals surface area contributed by atoms with Crippen LogP contribution in [0.25, 0.3) is 28.3 Å². The van der Waals surface area contributed by atoms with E-state index in [0.29, 0.717) is 11.4 Å². The first-order valence-electron chi connectivity index (χ1n) is 8.96. The highest BCUT2D eigenvalue weighted by atomic mass is 16.1. The van der Waals surface area contributed by atoms with Crippen LogP contribution in [-0.2, 0) is 0 Å². The lowest BCUT2D eigenvalue weighted by Gasteiger charge is -2.12. The van der Waals surface area contributed by atoms with E-state index < -0.39 is 0 Å². The summed E-state index contributed by atoms with van der Waals surface area (Å²) >= 11 is 0. The van der Waals surface area contributed by atoms with Crippen molar-refractivity contribution >= 4 is 5.78 Å². The Labute approximate surface area is 158 Å². The first kappa shape index (κ1) is 17.0. The van der Waals surface area contributed by atoms with Gasteiger partial charge in [-0.05, 0) is 19.1 Å². The molecular formula is C24H20N2O. The third-order valence-electron chi connectivity index (χ3n) is 4.58. The molecular weight excluding hydrogens is 332 g/mol. The van der Waals surface area contributed by atoms with Crippen LogP contribution >= 0.6 is 0 Å². The van der Waals surface area contributed by atoms with Gasteiger partial charge in [-0.25, -0.2) is 4.98 Å². The molecule has 3 heteroatoms. The molecule has 0 saturated heterocycles. The summed E-state index contributed by atoms with van der Waals surface area (Å²) in [5.74, 6) is 0.757. The first-order valence-corrected chi connectivity index (χ1v) is 8.96. The molecule has 1 aromatic heterocycles. The van der Waals surface area contributed by atoms with Gasteiger partial charge in [-0.3, -0.25) is 9.36 Å². The van der Waals surface area contributed by atoms with Crippen molar-refractivity contribution in [2.45, 2.75) is 13.8 Å². The molecule has 0 spiro atoms. The van der Waals surface area contributed by atoms with Gasteiger partial charge < -0.3 is 0 Å². The number of Topliss-reactive ketones (excluding diaryl/α,β-unsaturated/α-hetero) is 1. The molecule has 3 aromatic carbocycles. The molecule has 0 fully saturated rings. The van der Waals surface area contributed by atoms with Gasteiger partial charge in [-0.2, -0.15) is 0 Å². The van der Waals surface area contributed by atoms with Crippen LogP contribution in [0.5, 0.6) is 0 Å². The van der Waals surface area contributed by atoms with E-state index in [1.807, 2.05) is 77.4 Å². The van der Waals surface area contributed by atoms with Crippen molar-refractivity contribution in [2.75, 3.05) is 0 Å². The molecule has 0 aliphatic rings. The quantitative estimate of drug-likeness (QED) is 0.440. The van der Waals surface area contributed by atoms with Crippen molar-refractivity contribution in [1.82, 2.24) is 9.55 Å². The van der Waals surface area contributed by atoms with E-state index in [0.717, 1.165) is 22.6 Å². The fourth-order valence-corrected chi connectivity index (χ4v) is 3.27. The number of benzene rings is 3. The number of aromatic nitrogens is 2. The molecule has 0 atom stereocenters. The third-order valence-corrected chi connectivity index (χ3v) is 4.58. The van der Waals surface area contributed by atoms with Gasteiger partial charge >= 0.3 is 0 Å². The molecule has 0 unspecified atom stereocenters.